The van der Waals surface area contributed by atoms with Crippen LogP contribution in [0.4, 0.5) is 4.39 Å². The molecule has 0 aliphatic heterocycles. The van der Waals surface area contributed by atoms with Gasteiger partial charge in [0.05, 0.1) is 6.42 Å². The van der Waals surface area contributed by atoms with Gasteiger partial charge in [-0.25, -0.2) is 4.39 Å². The van der Waals surface area contributed by atoms with E-state index in [0.29, 0.717) is 6.42 Å². The van der Waals surface area contributed by atoms with Gasteiger partial charge in [-0.05, 0) is 49.6 Å². The van der Waals surface area contributed by atoms with Gasteiger partial charge in [0.1, 0.15) is 11.9 Å². The molecule has 4 nitrogen and oxygen atoms in total. The first-order valence-corrected chi connectivity index (χ1v) is 11.3. The zero-order chi connectivity index (χ0) is 23.8. The molecular weight excluding hydrogens is 415 g/mol. The smallest absolute Gasteiger partial charge is 0.243 e. The summed E-state index contributed by atoms with van der Waals surface area (Å²) in [6.45, 7) is 6.01. The molecule has 0 aromatic heterocycles. The summed E-state index contributed by atoms with van der Waals surface area (Å²) >= 11 is 0. The maximum absolute atomic E-state index is 13.6. The zero-order valence-corrected chi connectivity index (χ0v) is 19.4. The largest absolute Gasteiger partial charge is 0.352 e. The number of nitrogens with one attached hydrogen (secondary N) is 1. The Morgan fingerprint density at radius 1 is 0.848 bits per heavy atom. The summed E-state index contributed by atoms with van der Waals surface area (Å²) in [5.74, 6) is -0.689. The summed E-state index contributed by atoms with van der Waals surface area (Å²) in [6, 6.07) is 22.8. The van der Waals surface area contributed by atoms with Gasteiger partial charge in [0.25, 0.3) is 0 Å². The molecular formula is C28H31FN2O2. The number of hydrogen-bond donors (Lipinski definition) is 1. The normalized spacial score (nSPS) is 11.8. The molecule has 5 heteroatoms. The van der Waals surface area contributed by atoms with Crippen LogP contribution in [-0.4, -0.2) is 28.8 Å². The van der Waals surface area contributed by atoms with Gasteiger partial charge >= 0.3 is 0 Å². The molecule has 3 rings (SSSR count). The number of nitrogens with zero attached hydrogens (tertiary/aromatic N) is 1. The molecule has 0 heterocycles. The lowest BCUT2D eigenvalue weighted by molar-refractivity contribution is -0.141. The molecule has 3 aromatic rings. The highest BCUT2D eigenvalue weighted by atomic mass is 19.1. The third-order valence-electron chi connectivity index (χ3n) is 5.44. The molecule has 0 saturated carbocycles. The molecule has 0 unspecified atom stereocenters. The van der Waals surface area contributed by atoms with E-state index < -0.39 is 6.04 Å². The second-order valence-corrected chi connectivity index (χ2v) is 8.68. The van der Waals surface area contributed by atoms with Crippen LogP contribution in [0, 0.1) is 12.7 Å². The summed E-state index contributed by atoms with van der Waals surface area (Å²) in [5.41, 5.74) is 3.74. The number of benzene rings is 3. The van der Waals surface area contributed by atoms with Crippen molar-refractivity contribution in [2.75, 3.05) is 0 Å². The fourth-order valence-corrected chi connectivity index (χ4v) is 3.70. The Bertz CT molecular complexity index is 1050. The van der Waals surface area contributed by atoms with Crippen LogP contribution in [-0.2, 0) is 29.0 Å². The Labute approximate surface area is 195 Å². The van der Waals surface area contributed by atoms with E-state index in [0.717, 1.165) is 22.3 Å². The quantitative estimate of drug-likeness (QED) is 0.511. The van der Waals surface area contributed by atoms with Gasteiger partial charge in [0.15, 0.2) is 0 Å². The van der Waals surface area contributed by atoms with Crippen molar-refractivity contribution in [2.45, 2.75) is 52.2 Å². The number of aryl methyl sites for hydroxylation is 1. The third-order valence-corrected chi connectivity index (χ3v) is 5.44. The Kier molecular flexibility index (Phi) is 8.36. The number of rotatable bonds is 9. The van der Waals surface area contributed by atoms with E-state index in [1.165, 1.54) is 12.1 Å². The predicted octanol–water partition coefficient (Wildman–Crippen LogP) is 4.84. The van der Waals surface area contributed by atoms with Crippen LogP contribution >= 0.6 is 0 Å². The van der Waals surface area contributed by atoms with Crippen molar-refractivity contribution < 1.29 is 14.0 Å². The van der Waals surface area contributed by atoms with E-state index in [1.54, 1.807) is 17.0 Å². The van der Waals surface area contributed by atoms with E-state index in [1.807, 2.05) is 75.4 Å². The molecule has 1 atom stereocenters. The van der Waals surface area contributed by atoms with E-state index in [2.05, 4.69) is 5.32 Å². The number of hydrogen-bond acceptors (Lipinski definition) is 2. The van der Waals surface area contributed by atoms with Gasteiger partial charge in [-0.3, -0.25) is 9.59 Å². The van der Waals surface area contributed by atoms with Crippen LogP contribution < -0.4 is 5.32 Å². The average molecular weight is 447 g/mol. The summed E-state index contributed by atoms with van der Waals surface area (Å²) in [7, 11) is 0. The van der Waals surface area contributed by atoms with Crippen LogP contribution in [0.2, 0.25) is 0 Å². The van der Waals surface area contributed by atoms with Gasteiger partial charge in [-0.2, -0.15) is 0 Å². The number of carbonyl (C=O) groups excluding carboxylic acids is 2. The van der Waals surface area contributed by atoms with Crippen LogP contribution in [0.5, 0.6) is 0 Å². The van der Waals surface area contributed by atoms with E-state index in [-0.39, 0.29) is 36.6 Å². The van der Waals surface area contributed by atoms with Crippen molar-refractivity contribution >= 4 is 11.8 Å². The van der Waals surface area contributed by atoms with Crippen molar-refractivity contribution in [2.24, 2.45) is 0 Å². The number of carbonyl (C=O) groups is 2. The fraction of sp³-hybridized carbons (Fsp3) is 0.286. The molecule has 0 fully saturated rings. The molecule has 0 aliphatic rings. The van der Waals surface area contributed by atoms with Gasteiger partial charge in [0, 0.05) is 19.0 Å². The molecule has 33 heavy (non-hydrogen) atoms. The summed E-state index contributed by atoms with van der Waals surface area (Å²) < 4.78 is 13.5. The van der Waals surface area contributed by atoms with Gasteiger partial charge < -0.3 is 10.2 Å². The molecule has 0 bridgehead atoms. The molecule has 2 amide bonds. The minimum atomic E-state index is -0.696. The lowest BCUT2D eigenvalue weighted by Crippen LogP contribution is -2.52. The molecule has 0 spiro atoms. The zero-order valence-electron chi connectivity index (χ0n) is 19.4. The SMILES string of the molecule is Cc1ccc(CC(=O)N(Cc2ccc(F)cc2)[C@@H](Cc2ccccc2)C(=O)NC(C)C)cc1. The number of amides is 2. The van der Waals surface area contributed by atoms with Crippen molar-refractivity contribution in [3.63, 3.8) is 0 Å². The standard InChI is InChI=1S/C28H31FN2O2/c1-20(2)30-28(33)26(17-22-7-5-4-6-8-22)31(19-24-13-15-25(29)16-14-24)27(32)18-23-11-9-21(3)10-12-23/h4-16,20,26H,17-19H2,1-3H3,(H,30,33)/t26-/m0/s1. The van der Waals surface area contributed by atoms with Crippen LogP contribution in [0.3, 0.4) is 0 Å². The maximum atomic E-state index is 13.6. The number of halogens is 1. The fourth-order valence-electron chi connectivity index (χ4n) is 3.70. The van der Waals surface area contributed by atoms with Crippen LogP contribution in [0.1, 0.15) is 36.1 Å². The molecule has 0 saturated heterocycles. The highest BCUT2D eigenvalue weighted by molar-refractivity contribution is 5.89. The first-order valence-electron chi connectivity index (χ1n) is 11.3. The highest BCUT2D eigenvalue weighted by Crippen LogP contribution is 2.17. The highest BCUT2D eigenvalue weighted by Gasteiger charge is 2.30. The van der Waals surface area contributed by atoms with Gasteiger partial charge in [-0.1, -0.05) is 72.3 Å². The minimum absolute atomic E-state index is 0.0596. The van der Waals surface area contributed by atoms with Gasteiger partial charge in [0.2, 0.25) is 11.8 Å². The van der Waals surface area contributed by atoms with Crippen molar-refractivity contribution in [1.29, 1.82) is 0 Å². The summed E-state index contributed by atoms with van der Waals surface area (Å²) in [4.78, 5) is 28.5. The van der Waals surface area contributed by atoms with Crippen molar-refractivity contribution in [3.05, 3.63) is 107 Å². The lowest BCUT2D eigenvalue weighted by atomic mass is 10.0. The van der Waals surface area contributed by atoms with E-state index in [9.17, 15) is 14.0 Å². The van der Waals surface area contributed by atoms with E-state index in [4.69, 9.17) is 0 Å². The van der Waals surface area contributed by atoms with Crippen LogP contribution in [0.25, 0.3) is 0 Å². The third kappa shape index (κ3) is 7.28. The topological polar surface area (TPSA) is 49.4 Å². The predicted molar refractivity (Wildman–Crippen MR) is 129 cm³/mol. The second kappa shape index (κ2) is 11.4. The summed E-state index contributed by atoms with van der Waals surface area (Å²) in [6.07, 6.45) is 0.571. The Morgan fingerprint density at radius 3 is 2.06 bits per heavy atom. The monoisotopic (exact) mass is 446 g/mol. The molecule has 172 valence electrons. The average Bonchev–Trinajstić information content (AvgIpc) is 2.79. The Hall–Kier alpha value is -3.47. The van der Waals surface area contributed by atoms with Gasteiger partial charge in [-0.15, -0.1) is 0 Å². The minimum Gasteiger partial charge on any atom is -0.352 e. The Balaban J connectivity index is 1.95. The summed E-state index contributed by atoms with van der Waals surface area (Å²) in [5, 5.41) is 2.97. The second-order valence-electron chi connectivity index (χ2n) is 8.68. The van der Waals surface area contributed by atoms with E-state index >= 15 is 0 Å². The van der Waals surface area contributed by atoms with Crippen molar-refractivity contribution in [3.8, 4) is 0 Å². The molecule has 3 aromatic carbocycles. The first-order chi connectivity index (χ1) is 15.8. The lowest BCUT2D eigenvalue weighted by Gasteiger charge is -2.32. The Morgan fingerprint density at radius 2 is 1.45 bits per heavy atom. The van der Waals surface area contributed by atoms with Crippen LogP contribution in [0.15, 0.2) is 78.9 Å². The molecule has 1 N–H and O–H groups in total. The maximum Gasteiger partial charge on any atom is 0.243 e. The molecule has 0 radical (unpaired) electrons. The molecule has 0 aliphatic carbocycles. The first kappa shape index (κ1) is 24.2. The van der Waals surface area contributed by atoms with Crippen molar-refractivity contribution in [1.82, 2.24) is 10.2 Å².